The third kappa shape index (κ3) is 4.46. The Morgan fingerprint density at radius 1 is 0.950 bits per heavy atom. The summed E-state index contributed by atoms with van der Waals surface area (Å²) >= 11 is 0. The lowest BCUT2D eigenvalue weighted by Gasteiger charge is -2.41. The van der Waals surface area contributed by atoms with Crippen LogP contribution in [-0.2, 0) is 0 Å². The van der Waals surface area contributed by atoms with Crippen molar-refractivity contribution >= 4 is 0 Å². The number of hydrogen-bond acceptors (Lipinski definition) is 2. The molecule has 0 amide bonds. The summed E-state index contributed by atoms with van der Waals surface area (Å²) in [6.45, 7) is 8.55. The summed E-state index contributed by atoms with van der Waals surface area (Å²) in [6, 6.07) is 2.14. The molecule has 2 N–H and O–H groups in total. The Morgan fingerprint density at radius 3 is 2.25 bits per heavy atom. The van der Waals surface area contributed by atoms with Crippen LogP contribution in [0.15, 0.2) is 0 Å². The van der Waals surface area contributed by atoms with E-state index in [1.165, 1.54) is 70.8 Å². The highest BCUT2D eigenvalue weighted by Gasteiger charge is 2.32. The molecule has 2 heteroatoms. The van der Waals surface area contributed by atoms with Gasteiger partial charge in [-0.2, -0.15) is 0 Å². The van der Waals surface area contributed by atoms with Crippen molar-refractivity contribution in [1.82, 2.24) is 4.90 Å². The van der Waals surface area contributed by atoms with Crippen LogP contribution in [0.1, 0.15) is 85.0 Å². The average Bonchev–Trinajstić information content (AvgIpc) is 2.58. The van der Waals surface area contributed by atoms with Crippen LogP contribution >= 0.6 is 0 Å². The fourth-order valence-electron chi connectivity index (χ4n) is 4.33. The minimum absolute atomic E-state index is 0.475. The lowest BCUT2D eigenvalue weighted by molar-refractivity contribution is 0.0884. The monoisotopic (exact) mass is 280 g/mol. The zero-order chi connectivity index (χ0) is 14.6. The molecule has 20 heavy (non-hydrogen) atoms. The summed E-state index contributed by atoms with van der Waals surface area (Å²) in [5.41, 5.74) is 6.66. The maximum Gasteiger partial charge on any atom is 0.00993 e. The first kappa shape index (κ1) is 16.3. The normalized spacial score (nSPS) is 35.0. The number of nitrogens with zero attached hydrogens (tertiary/aromatic N) is 1. The fraction of sp³-hybridized carbons (Fsp3) is 1.00. The molecule has 1 atom stereocenters. The Bertz CT molecular complexity index is 279. The van der Waals surface area contributed by atoms with Crippen LogP contribution in [0.2, 0.25) is 0 Å². The van der Waals surface area contributed by atoms with Crippen LogP contribution in [0.25, 0.3) is 0 Å². The Labute approximate surface area is 126 Å². The zero-order valence-corrected chi connectivity index (χ0v) is 14.0. The van der Waals surface area contributed by atoms with E-state index in [9.17, 15) is 0 Å². The molecule has 0 aliphatic heterocycles. The molecule has 1 unspecified atom stereocenters. The van der Waals surface area contributed by atoms with E-state index in [1.807, 2.05) is 0 Å². The van der Waals surface area contributed by atoms with Gasteiger partial charge in [-0.1, -0.05) is 27.2 Å². The maximum atomic E-state index is 6.09. The molecular weight excluding hydrogens is 244 g/mol. The number of hydrogen-bond donors (Lipinski definition) is 1. The molecule has 2 aliphatic carbocycles. The van der Waals surface area contributed by atoms with Crippen LogP contribution < -0.4 is 5.73 Å². The van der Waals surface area contributed by atoms with Gasteiger partial charge in [-0.3, -0.25) is 4.90 Å². The van der Waals surface area contributed by atoms with Crippen LogP contribution in [0.4, 0.5) is 0 Å². The van der Waals surface area contributed by atoms with Gasteiger partial charge in [0.15, 0.2) is 0 Å². The Balaban J connectivity index is 1.96. The third-order valence-electron chi connectivity index (χ3n) is 5.71. The molecule has 118 valence electrons. The second-order valence-corrected chi connectivity index (χ2v) is 8.06. The van der Waals surface area contributed by atoms with E-state index in [-0.39, 0.29) is 0 Å². The Kier molecular flexibility index (Phi) is 5.92. The van der Waals surface area contributed by atoms with E-state index < -0.39 is 0 Å². The highest BCUT2D eigenvalue weighted by atomic mass is 15.2. The van der Waals surface area contributed by atoms with Crippen LogP contribution in [0.3, 0.4) is 0 Å². The molecule has 0 bridgehead atoms. The second kappa shape index (κ2) is 7.26. The lowest BCUT2D eigenvalue weighted by atomic mass is 9.85. The fourth-order valence-corrected chi connectivity index (χ4v) is 4.33. The molecule has 0 saturated heterocycles. The molecule has 0 heterocycles. The third-order valence-corrected chi connectivity index (χ3v) is 5.71. The highest BCUT2D eigenvalue weighted by Crippen LogP contribution is 2.37. The van der Waals surface area contributed by atoms with Gasteiger partial charge >= 0.3 is 0 Å². The summed E-state index contributed by atoms with van der Waals surface area (Å²) in [5, 5.41) is 0. The number of nitrogens with two attached hydrogens (primary N) is 1. The lowest BCUT2D eigenvalue weighted by Crippen LogP contribution is -2.46. The average molecular weight is 280 g/mol. The summed E-state index contributed by atoms with van der Waals surface area (Å²) in [6.07, 6.45) is 13.5. The van der Waals surface area contributed by atoms with Crippen molar-refractivity contribution < 1.29 is 0 Å². The van der Waals surface area contributed by atoms with Gasteiger partial charge in [0.05, 0.1) is 0 Å². The Morgan fingerprint density at radius 2 is 1.60 bits per heavy atom. The summed E-state index contributed by atoms with van der Waals surface area (Å²) in [4.78, 5) is 2.88. The first-order valence-electron chi connectivity index (χ1n) is 9.03. The van der Waals surface area contributed by atoms with E-state index in [4.69, 9.17) is 5.73 Å². The van der Waals surface area contributed by atoms with Crippen LogP contribution in [0, 0.1) is 5.41 Å². The molecule has 2 rings (SSSR count). The van der Waals surface area contributed by atoms with Gasteiger partial charge in [0, 0.05) is 18.1 Å². The van der Waals surface area contributed by atoms with Crippen LogP contribution in [0.5, 0.6) is 0 Å². The molecular formula is C18H36N2. The molecule has 2 fully saturated rings. The first-order chi connectivity index (χ1) is 9.52. The second-order valence-electron chi connectivity index (χ2n) is 8.06. The van der Waals surface area contributed by atoms with Crippen molar-refractivity contribution in [3.05, 3.63) is 0 Å². The largest absolute Gasteiger partial charge is 0.328 e. The quantitative estimate of drug-likeness (QED) is 0.777. The standard InChI is InChI=1S/C18H36N2/c1-4-14-20(17-9-7-15(19)8-10-17)16-6-5-12-18(2,3)13-11-16/h15-17H,4-14,19H2,1-3H3. The van der Waals surface area contributed by atoms with Crippen molar-refractivity contribution in [1.29, 1.82) is 0 Å². The predicted molar refractivity (Wildman–Crippen MR) is 87.9 cm³/mol. The topological polar surface area (TPSA) is 29.3 Å². The minimum Gasteiger partial charge on any atom is -0.328 e. The maximum absolute atomic E-state index is 6.09. The van der Waals surface area contributed by atoms with Gasteiger partial charge < -0.3 is 5.73 Å². The van der Waals surface area contributed by atoms with Gasteiger partial charge in [0.1, 0.15) is 0 Å². The van der Waals surface area contributed by atoms with Crippen molar-refractivity contribution in [3.8, 4) is 0 Å². The SMILES string of the molecule is CCCN(C1CCC(N)CC1)C1CCCC(C)(C)CC1. The van der Waals surface area contributed by atoms with Crippen molar-refractivity contribution in [2.24, 2.45) is 11.1 Å². The van der Waals surface area contributed by atoms with Gasteiger partial charge in [-0.05, 0) is 69.7 Å². The molecule has 0 aromatic heterocycles. The zero-order valence-electron chi connectivity index (χ0n) is 14.0. The van der Waals surface area contributed by atoms with Crippen molar-refractivity contribution in [2.75, 3.05) is 6.54 Å². The van der Waals surface area contributed by atoms with Gasteiger partial charge in [-0.15, -0.1) is 0 Å². The first-order valence-corrected chi connectivity index (χ1v) is 9.03. The molecule has 2 aliphatic rings. The van der Waals surface area contributed by atoms with Crippen LogP contribution in [-0.4, -0.2) is 29.6 Å². The number of rotatable bonds is 4. The Hall–Kier alpha value is -0.0800. The smallest absolute Gasteiger partial charge is 0.00993 e. The molecule has 2 saturated carbocycles. The highest BCUT2D eigenvalue weighted by molar-refractivity contribution is 4.87. The van der Waals surface area contributed by atoms with E-state index in [1.54, 1.807) is 0 Å². The minimum atomic E-state index is 0.475. The van der Waals surface area contributed by atoms with Crippen molar-refractivity contribution in [3.63, 3.8) is 0 Å². The van der Waals surface area contributed by atoms with E-state index >= 15 is 0 Å². The summed E-state index contributed by atoms with van der Waals surface area (Å²) < 4.78 is 0. The molecule has 0 radical (unpaired) electrons. The molecule has 0 aromatic carbocycles. The van der Waals surface area contributed by atoms with E-state index in [0.717, 1.165) is 12.1 Å². The predicted octanol–water partition coefficient (Wildman–Crippen LogP) is 4.33. The summed E-state index contributed by atoms with van der Waals surface area (Å²) in [7, 11) is 0. The van der Waals surface area contributed by atoms with Gasteiger partial charge in [-0.25, -0.2) is 0 Å². The van der Waals surface area contributed by atoms with E-state index in [0.29, 0.717) is 11.5 Å². The molecule has 0 aromatic rings. The summed E-state index contributed by atoms with van der Waals surface area (Å²) in [5.74, 6) is 0. The van der Waals surface area contributed by atoms with Gasteiger partial charge in [0.25, 0.3) is 0 Å². The van der Waals surface area contributed by atoms with Gasteiger partial charge in [0.2, 0.25) is 0 Å². The molecule has 0 spiro atoms. The molecule has 2 nitrogen and oxygen atoms in total. The van der Waals surface area contributed by atoms with Crippen molar-refractivity contribution in [2.45, 2.75) is 103 Å². The van der Waals surface area contributed by atoms with E-state index in [2.05, 4.69) is 25.7 Å².